The molecule has 0 amide bonds. The van der Waals surface area contributed by atoms with Crippen LogP contribution in [0.25, 0.3) is 10.2 Å². The van der Waals surface area contributed by atoms with Crippen molar-refractivity contribution >= 4 is 27.2 Å². The Morgan fingerprint density at radius 3 is 2.62 bits per heavy atom. The summed E-state index contributed by atoms with van der Waals surface area (Å²) in [6.07, 6.45) is 0.989. The maximum Gasteiger partial charge on any atom is 0.152 e. The zero-order valence-electron chi connectivity index (χ0n) is 11.7. The van der Waals surface area contributed by atoms with Gasteiger partial charge in [-0.1, -0.05) is 6.92 Å². The lowest BCUT2D eigenvalue weighted by atomic mass is 10.2. The molecule has 108 valence electrons. The molecule has 0 aliphatic carbocycles. The van der Waals surface area contributed by atoms with Crippen molar-refractivity contribution in [2.45, 2.75) is 13.3 Å². The molecule has 2 aromatic carbocycles. The molecule has 2 N–H and O–H groups in total. The zero-order chi connectivity index (χ0) is 14.7. The van der Waals surface area contributed by atoms with E-state index in [2.05, 4.69) is 11.9 Å². The molecular formula is C16H16N2O2S. The summed E-state index contributed by atoms with van der Waals surface area (Å²) < 4.78 is 12.4. The second-order valence-corrected chi connectivity index (χ2v) is 5.48. The smallest absolute Gasteiger partial charge is 0.152 e. The summed E-state index contributed by atoms with van der Waals surface area (Å²) in [7, 11) is 0. The van der Waals surface area contributed by atoms with Gasteiger partial charge in [0.25, 0.3) is 0 Å². The maximum atomic E-state index is 6.10. The second-order valence-electron chi connectivity index (χ2n) is 4.60. The number of nitrogen functional groups attached to an aromatic ring is 1. The monoisotopic (exact) mass is 300 g/mol. The van der Waals surface area contributed by atoms with Crippen LogP contribution in [0.15, 0.2) is 41.9 Å². The fraction of sp³-hybridized carbons (Fsp3) is 0.188. The molecule has 0 spiro atoms. The topological polar surface area (TPSA) is 57.4 Å². The molecular weight excluding hydrogens is 284 g/mol. The van der Waals surface area contributed by atoms with Crippen LogP contribution < -0.4 is 15.2 Å². The van der Waals surface area contributed by atoms with E-state index >= 15 is 0 Å². The first-order valence-electron chi connectivity index (χ1n) is 6.80. The molecule has 0 unspecified atom stereocenters. The predicted molar refractivity (Wildman–Crippen MR) is 86.3 cm³/mol. The van der Waals surface area contributed by atoms with Gasteiger partial charge in [0, 0.05) is 0 Å². The average Bonchev–Trinajstić information content (AvgIpc) is 2.99. The molecule has 0 atom stereocenters. The van der Waals surface area contributed by atoms with Gasteiger partial charge in [0.2, 0.25) is 0 Å². The standard InChI is InChI=1S/C16H16N2O2S/c1-2-9-19-11-3-5-12(6-4-11)20-13-7-8-14-16(15(13)17)18-10-21-14/h3-8,10H,2,9,17H2,1H3. The Kier molecular flexibility index (Phi) is 3.92. The lowest BCUT2D eigenvalue weighted by Gasteiger charge is -2.10. The number of nitrogens with zero attached hydrogens (tertiary/aromatic N) is 1. The summed E-state index contributed by atoms with van der Waals surface area (Å²) in [5, 5.41) is 0. The van der Waals surface area contributed by atoms with Crippen LogP contribution in [-0.4, -0.2) is 11.6 Å². The number of nitrogens with two attached hydrogens (primary N) is 1. The molecule has 1 aromatic heterocycles. The van der Waals surface area contributed by atoms with Gasteiger partial charge in [-0.25, -0.2) is 4.98 Å². The minimum Gasteiger partial charge on any atom is -0.494 e. The van der Waals surface area contributed by atoms with Crippen LogP contribution in [0.4, 0.5) is 5.69 Å². The van der Waals surface area contributed by atoms with E-state index in [-0.39, 0.29) is 0 Å². The van der Waals surface area contributed by atoms with Crippen molar-refractivity contribution in [3.8, 4) is 17.2 Å². The van der Waals surface area contributed by atoms with Gasteiger partial charge in [-0.2, -0.15) is 0 Å². The van der Waals surface area contributed by atoms with Crippen LogP contribution in [0.2, 0.25) is 0 Å². The molecule has 21 heavy (non-hydrogen) atoms. The number of rotatable bonds is 5. The minimum atomic E-state index is 0.569. The van der Waals surface area contributed by atoms with E-state index in [9.17, 15) is 0 Å². The molecule has 4 nitrogen and oxygen atoms in total. The molecule has 3 aromatic rings. The molecule has 0 aliphatic rings. The minimum absolute atomic E-state index is 0.569. The number of anilines is 1. The van der Waals surface area contributed by atoms with E-state index in [1.54, 1.807) is 16.8 Å². The van der Waals surface area contributed by atoms with E-state index in [4.69, 9.17) is 15.2 Å². The highest BCUT2D eigenvalue weighted by molar-refractivity contribution is 7.16. The van der Waals surface area contributed by atoms with Crippen LogP contribution in [0.1, 0.15) is 13.3 Å². The summed E-state index contributed by atoms with van der Waals surface area (Å²) in [6, 6.07) is 11.4. The molecule has 0 aliphatic heterocycles. The first-order valence-corrected chi connectivity index (χ1v) is 7.68. The predicted octanol–water partition coefficient (Wildman–Crippen LogP) is 4.46. The van der Waals surface area contributed by atoms with Gasteiger partial charge < -0.3 is 15.2 Å². The Labute approximate surface area is 127 Å². The normalized spacial score (nSPS) is 10.7. The van der Waals surface area contributed by atoms with E-state index in [0.717, 1.165) is 28.1 Å². The van der Waals surface area contributed by atoms with Gasteiger partial charge in [-0.3, -0.25) is 0 Å². The van der Waals surface area contributed by atoms with Crippen molar-refractivity contribution in [1.29, 1.82) is 0 Å². The number of fused-ring (bicyclic) bond motifs is 1. The average molecular weight is 300 g/mol. The van der Waals surface area contributed by atoms with Gasteiger partial charge in [0.1, 0.15) is 22.7 Å². The summed E-state index contributed by atoms with van der Waals surface area (Å²) in [5.74, 6) is 2.18. The maximum absolute atomic E-state index is 6.10. The van der Waals surface area contributed by atoms with E-state index in [1.165, 1.54) is 0 Å². The molecule has 0 bridgehead atoms. The number of aromatic nitrogens is 1. The highest BCUT2D eigenvalue weighted by atomic mass is 32.1. The molecule has 0 fully saturated rings. The van der Waals surface area contributed by atoms with Crippen molar-refractivity contribution in [2.75, 3.05) is 12.3 Å². The van der Waals surface area contributed by atoms with Crippen LogP contribution in [-0.2, 0) is 0 Å². The second kappa shape index (κ2) is 6.01. The van der Waals surface area contributed by atoms with E-state index in [0.29, 0.717) is 18.0 Å². The Bertz CT molecular complexity index is 738. The molecule has 5 heteroatoms. The molecule has 0 saturated heterocycles. The fourth-order valence-electron chi connectivity index (χ4n) is 1.97. The summed E-state index contributed by atoms with van der Waals surface area (Å²) in [4.78, 5) is 4.26. The summed E-state index contributed by atoms with van der Waals surface area (Å²) >= 11 is 1.56. The third-order valence-electron chi connectivity index (χ3n) is 3.03. The van der Waals surface area contributed by atoms with Gasteiger partial charge in [-0.15, -0.1) is 11.3 Å². The lowest BCUT2D eigenvalue weighted by molar-refractivity contribution is 0.317. The van der Waals surface area contributed by atoms with Gasteiger partial charge in [0.05, 0.1) is 16.8 Å². The van der Waals surface area contributed by atoms with Crippen molar-refractivity contribution < 1.29 is 9.47 Å². The SMILES string of the molecule is CCCOc1ccc(Oc2ccc3scnc3c2N)cc1. The van der Waals surface area contributed by atoms with Gasteiger partial charge in [-0.05, 0) is 42.8 Å². The van der Waals surface area contributed by atoms with Crippen molar-refractivity contribution in [3.05, 3.63) is 41.9 Å². The van der Waals surface area contributed by atoms with E-state index < -0.39 is 0 Å². The van der Waals surface area contributed by atoms with Gasteiger partial charge in [0.15, 0.2) is 5.75 Å². The van der Waals surface area contributed by atoms with Gasteiger partial charge >= 0.3 is 0 Å². The largest absolute Gasteiger partial charge is 0.494 e. The molecule has 1 heterocycles. The summed E-state index contributed by atoms with van der Waals surface area (Å²) in [6.45, 7) is 2.79. The summed E-state index contributed by atoms with van der Waals surface area (Å²) in [5.41, 5.74) is 9.25. The lowest BCUT2D eigenvalue weighted by Crippen LogP contribution is -1.95. The van der Waals surface area contributed by atoms with Crippen LogP contribution in [0, 0.1) is 0 Å². The first kappa shape index (κ1) is 13.7. The number of hydrogen-bond acceptors (Lipinski definition) is 5. The Morgan fingerprint density at radius 1 is 1.10 bits per heavy atom. The van der Waals surface area contributed by atoms with Crippen LogP contribution >= 0.6 is 11.3 Å². The number of benzene rings is 2. The molecule has 3 rings (SSSR count). The first-order chi connectivity index (χ1) is 10.3. The Balaban J connectivity index is 1.79. The van der Waals surface area contributed by atoms with Crippen molar-refractivity contribution in [1.82, 2.24) is 4.98 Å². The van der Waals surface area contributed by atoms with Crippen LogP contribution in [0.3, 0.4) is 0 Å². The zero-order valence-corrected chi connectivity index (χ0v) is 12.5. The quantitative estimate of drug-likeness (QED) is 0.707. The van der Waals surface area contributed by atoms with Crippen molar-refractivity contribution in [3.63, 3.8) is 0 Å². The number of ether oxygens (including phenoxy) is 2. The molecule has 0 radical (unpaired) electrons. The van der Waals surface area contributed by atoms with Crippen LogP contribution in [0.5, 0.6) is 17.2 Å². The van der Waals surface area contributed by atoms with Crippen molar-refractivity contribution in [2.24, 2.45) is 0 Å². The Morgan fingerprint density at radius 2 is 1.86 bits per heavy atom. The number of thiazole rings is 1. The Hall–Kier alpha value is -2.27. The highest BCUT2D eigenvalue weighted by Crippen LogP contribution is 2.34. The highest BCUT2D eigenvalue weighted by Gasteiger charge is 2.08. The third kappa shape index (κ3) is 2.92. The fourth-order valence-corrected chi connectivity index (χ4v) is 2.67. The number of hydrogen-bond donors (Lipinski definition) is 1. The molecule has 0 saturated carbocycles. The van der Waals surface area contributed by atoms with E-state index in [1.807, 2.05) is 36.4 Å². The third-order valence-corrected chi connectivity index (χ3v) is 3.82.